The maximum atomic E-state index is 14.3. The lowest BCUT2D eigenvalue weighted by Crippen LogP contribution is -2.48. The molecule has 49 heavy (non-hydrogen) atoms. The first-order chi connectivity index (χ1) is 24.0. The number of hydrogen-bond donors (Lipinski definition) is 2. The average molecular weight is 663 g/mol. The molecule has 0 radical (unpaired) electrons. The van der Waals surface area contributed by atoms with Crippen molar-refractivity contribution < 1.29 is 14.4 Å². The van der Waals surface area contributed by atoms with Crippen molar-refractivity contribution in [3.63, 3.8) is 0 Å². The first-order valence-electron chi connectivity index (χ1n) is 18.8. The molecule has 1 aliphatic carbocycles. The maximum absolute atomic E-state index is 14.3. The van der Waals surface area contributed by atoms with E-state index in [1.54, 1.807) is 4.90 Å². The molecule has 0 bridgehead atoms. The molecule has 2 atom stereocenters. The summed E-state index contributed by atoms with van der Waals surface area (Å²) in [6.07, 6.45) is 11.1. The van der Waals surface area contributed by atoms with E-state index in [4.69, 9.17) is 0 Å². The number of rotatable bonds is 13. The Morgan fingerprint density at radius 2 is 1.22 bits per heavy atom. The van der Waals surface area contributed by atoms with Crippen molar-refractivity contribution in [2.45, 2.75) is 82.1 Å². The number of hydrogen-bond acceptors (Lipinski definition) is 4. The number of nitrogens with one attached hydrogen (secondary N) is 2. The quantitative estimate of drug-likeness (QED) is 0.210. The van der Waals surface area contributed by atoms with Gasteiger partial charge in [-0.1, -0.05) is 110 Å². The van der Waals surface area contributed by atoms with Gasteiger partial charge >= 0.3 is 0 Å². The molecule has 3 aliphatic rings. The van der Waals surface area contributed by atoms with Crippen LogP contribution in [-0.2, 0) is 19.8 Å². The highest BCUT2D eigenvalue weighted by molar-refractivity contribution is 5.89. The molecule has 3 aromatic rings. The highest BCUT2D eigenvalue weighted by Gasteiger charge is 2.42. The van der Waals surface area contributed by atoms with E-state index in [0.29, 0.717) is 25.4 Å². The van der Waals surface area contributed by atoms with Crippen molar-refractivity contribution in [3.05, 3.63) is 108 Å². The molecule has 1 saturated carbocycles. The minimum atomic E-state index is -0.714. The average Bonchev–Trinajstić information content (AvgIpc) is 3.65. The lowest BCUT2D eigenvalue weighted by molar-refractivity contribution is -0.139. The van der Waals surface area contributed by atoms with Gasteiger partial charge in [0.25, 0.3) is 0 Å². The van der Waals surface area contributed by atoms with Gasteiger partial charge < -0.3 is 20.4 Å². The summed E-state index contributed by atoms with van der Waals surface area (Å²) in [5.41, 5.74) is 2.40. The van der Waals surface area contributed by atoms with E-state index in [1.807, 2.05) is 54.6 Å². The fourth-order valence-electron chi connectivity index (χ4n) is 8.62. The monoisotopic (exact) mass is 662 g/mol. The summed E-state index contributed by atoms with van der Waals surface area (Å²) in [7, 11) is 0. The van der Waals surface area contributed by atoms with Gasteiger partial charge in [0.1, 0.15) is 6.04 Å². The third-order valence-corrected chi connectivity index (χ3v) is 11.2. The second kappa shape index (κ2) is 17.1. The lowest BCUT2D eigenvalue weighted by Gasteiger charge is -2.37. The van der Waals surface area contributed by atoms with Crippen molar-refractivity contribution in [1.29, 1.82) is 0 Å². The van der Waals surface area contributed by atoms with Crippen molar-refractivity contribution in [2.24, 2.45) is 11.8 Å². The highest BCUT2D eigenvalue weighted by Crippen LogP contribution is 2.43. The zero-order chi connectivity index (χ0) is 33.9. The summed E-state index contributed by atoms with van der Waals surface area (Å²) in [5, 5.41) is 6.12. The molecule has 2 heterocycles. The summed E-state index contributed by atoms with van der Waals surface area (Å²) < 4.78 is 0. The Hall–Kier alpha value is -3.97. The van der Waals surface area contributed by atoms with E-state index >= 15 is 0 Å². The van der Waals surface area contributed by atoms with Crippen LogP contribution in [0.1, 0.15) is 87.3 Å². The van der Waals surface area contributed by atoms with Crippen LogP contribution >= 0.6 is 0 Å². The SMILES string of the molecule is O=C(CCNC(=O)C1CCCN1C(=O)CC(c1ccccc1)(c1ccccc1)c1ccccc1)NC[C@H]1CCCN(CC2CCCCC2)C1. The Kier molecular flexibility index (Phi) is 12.2. The van der Waals surface area contributed by atoms with E-state index < -0.39 is 11.5 Å². The van der Waals surface area contributed by atoms with Crippen LogP contribution in [0, 0.1) is 11.8 Å². The predicted octanol–water partition coefficient (Wildman–Crippen LogP) is 6.32. The topological polar surface area (TPSA) is 81.8 Å². The summed E-state index contributed by atoms with van der Waals surface area (Å²) in [6, 6.07) is 30.1. The van der Waals surface area contributed by atoms with Gasteiger partial charge in [-0.15, -0.1) is 0 Å². The van der Waals surface area contributed by atoms with Crippen LogP contribution in [0.4, 0.5) is 0 Å². The molecule has 0 spiro atoms. The number of carbonyl (C=O) groups is 3. The fourth-order valence-corrected chi connectivity index (χ4v) is 8.62. The number of amides is 3. The summed E-state index contributed by atoms with van der Waals surface area (Å²) >= 11 is 0. The normalized spacial score (nSPS) is 20.5. The summed E-state index contributed by atoms with van der Waals surface area (Å²) in [4.78, 5) is 45.0. The molecule has 2 N–H and O–H groups in total. The standard InChI is InChI=1S/C42H54N4O3/c47-39(44-30-34-17-13-27-45(32-34)31-33-15-5-1-6-16-33)25-26-43-41(49)38-24-14-28-46(38)40(48)29-42(35-18-7-2-8-19-35,36-20-9-3-10-21-36)37-22-11-4-12-23-37/h2-4,7-12,18-23,33-34,38H,1,5-6,13-17,24-32H2,(H,43,49)(H,44,47)/t34-,38?/m1/s1. The second-order valence-corrected chi connectivity index (χ2v) is 14.5. The van der Waals surface area contributed by atoms with Crippen molar-refractivity contribution in [2.75, 3.05) is 39.3 Å². The zero-order valence-corrected chi connectivity index (χ0v) is 29.0. The van der Waals surface area contributed by atoms with Crippen LogP contribution in [-0.4, -0.2) is 72.8 Å². The molecule has 260 valence electrons. The van der Waals surface area contributed by atoms with Crippen LogP contribution < -0.4 is 10.6 Å². The van der Waals surface area contributed by atoms with Crippen molar-refractivity contribution in [3.8, 4) is 0 Å². The Bertz CT molecular complexity index is 1400. The largest absolute Gasteiger partial charge is 0.356 e. The highest BCUT2D eigenvalue weighted by atomic mass is 16.2. The van der Waals surface area contributed by atoms with E-state index in [1.165, 1.54) is 51.6 Å². The second-order valence-electron chi connectivity index (χ2n) is 14.5. The third-order valence-electron chi connectivity index (χ3n) is 11.2. The van der Waals surface area contributed by atoms with Crippen LogP contribution in [0.2, 0.25) is 0 Å². The van der Waals surface area contributed by atoms with Crippen molar-refractivity contribution in [1.82, 2.24) is 20.4 Å². The number of likely N-dealkylation sites (tertiary alicyclic amines) is 2. The molecule has 2 saturated heterocycles. The first kappa shape index (κ1) is 34.9. The smallest absolute Gasteiger partial charge is 0.242 e. The number of benzene rings is 3. The molecule has 2 aliphatic heterocycles. The molecule has 3 fully saturated rings. The summed E-state index contributed by atoms with van der Waals surface area (Å²) in [5.74, 6) is 1.09. The molecular weight excluding hydrogens is 608 g/mol. The molecular formula is C42H54N4O3. The fraction of sp³-hybridized carbons (Fsp3) is 0.500. The Labute approximate surface area is 292 Å². The van der Waals surface area contributed by atoms with E-state index in [2.05, 4.69) is 51.9 Å². The lowest BCUT2D eigenvalue weighted by atomic mass is 9.67. The maximum Gasteiger partial charge on any atom is 0.242 e. The number of nitrogens with zero attached hydrogens (tertiary/aromatic N) is 2. The van der Waals surface area contributed by atoms with E-state index in [0.717, 1.165) is 42.0 Å². The number of piperidine rings is 1. The number of carbonyl (C=O) groups excluding carboxylic acids is 3. The minimum absolute atomic E-state index is 0.0255. The molecule has 3 amide bonds. The molecule has 3 aromatic carbocycles. The van der Waals surface area contributed by atoms with Gasteiger partial charge in [-0.3, -0.25) is 14.4 Å². The molecule has 1 unspecified atom stereocenters. The van der Waals surface area contributed by atoms with Gasteiger partial charge in [0.05, 0.1) is 5.41 Å². The molecule has 0 aromatic heterocycles. The van der Waals surface area contributed by atoms with Gasteiger partial charge in [0, 0.05) is 45.6 Å². The Morgan fingerprint density at radius 3 is 1.84 bits per heavy atom. The predicted molar refractivity (Wildman–Crippen MR) is 195 cm³/mol. The van der Waals surface area contributed by atoms with Crippen LogP contribution in [0.25, 0.3) is 0 Å². The van der Waals surface area contributed by atoms with Gasteiger partial charge in [-0.25, -0.2) is 0 Å². The van der Waals surface area contributed by atoms with Gasteiger partial charge in [-0.05, 0) is 73.6 Å². The summed E-state index contributed by atoms with van der Waals surface area (Å²) in [6.45, 7) is 4.97. The van der Waals surface area contributed by atoms with Crippen molar-refractivity contribution >= 4 is 17.7 Å². The Balaban J connectivity index is 1.03. The van der Waals surface area contributed by atoms with E-state index in [-0.39, 0.29) is 37.1 Å². The Morgan fingerprint density at radius 1 is 0.653 bits per heavy atom. The zero-order valence-electron chi connectivity index (χ0n) is 29.0. The molecule has 7 nitrogen and oxygen atoms in total. The van der Waals surface area contributed by atoms with Gasteiger partial charge in [0.2, 0.25) is 17.7 Å². The van der Waals surface area contributed by atoms with E-state index in [9.17, 15) is 14.4 Å². The minimum Gasteiger partial charge on any atom is -0.356 e. The van der Waals surface area contributed by atoms with Crippen LogP contribution in [0.3, 0.4) is 0 Å². The molecule has 6 rings (SSSR count). The first-order valence-corrected chi connectivity index (χ1v) is 18.8. The molecule has 7 heteroatoms. The van der Waals surface area contributed by atoms with Gasteiger partial charge in [0.15, 0.2) is 0 Å². The third kappa shape index (κ3) is 8.80. The van der Waals surface area contributed by atoms with Gasteiger partial charge in [-0.2, -0.15) is 0 Å². The van der Waals surface area contributed by atoms with Crippen LogP contribution in [0.5, 0.6) is 0 Å². The van der Waals surface area contributed by atoms with Crippen LogP contribution in [0.15, 0.2) is 91.0 Å².